The van der Waals surface area contributed by atoms with Crippen LogP contribution in [-0.2, 0) is 16.3 Å². The van der Waals surface area contributed by atoms with Gasteiger partial charge in [-0.15, -0.1) is 0 Å². The third-order valence-corrected chi connectivity index (χ3v) is 5.22. The average Bonchev–Trinajstić information content (AvgIpc) is 2.77. The second-order valence-electron chi connectivity index (χ2n) is 5.64. The Kier molecular flexibility index (Phi) is 4.45. The van der Waals surface area contributed by atoms with E-state index < -0.39 is 72.9 Å². The van der Waals surface area contributed by atoms with Crippen LogP contribution in [0.4, 0.5) is 26.3 Å². The quantitative estimate of drug-likeness (QED) is 0.712. The first kappa shape index (κ1) is 19.2. The van der Waals surface area contributed by atoms with Gasteiger partial charge in [-0.3, -0.25) is 4.79 Å². The number of sulfone groups is 1. The van der Waals surface area contributed by atoms with Crippen LogP contribution in [0.3, 0.4) is 0 Å². The Morgan fingerprint density at radius 1 is 1.04 bits per heavy atom. The summed E-state index contributed by atoms with van der Waals surface area (Å²) in [6.45, 7) is 0. The van der Waals surface area contributed by atoms with Gasteiger partial charge in [-0.05, 0) is 12.1 Å². The maximum Gasteiger partial charge on any atom is 0.341 e. The molecule has 0 N–H and O–H groups in total. The van der Waals surface area contributed by atoms with Gasteiger partial charge in [-0.1, -0.05) is 0 Å². The number of ketones is 1. The minimum atomic E-state index is -5.35. The number of carbonyl (C=O) groups excluding carboxylic acids is 1. The van der Waals surface area contributed by atoms with E-state index in [0.717, 1.165) is 6.07 Å². The van der Waals surface area contributed by atoms with Gasteiger partial charge in [-0.25, -0.2) is 17.2 Å². The predicted octanol–water partition coefficient (Wildman–Crippen LogP) is 4.13. The highest BCUT2D eigenvalue weighted by atomic mass is 32.2. The fourth-order valence-electron chi connectivity index (χ4n) is 2.66. The first-order valence-electron chi connectivity index (χ1n) is 7.18. The molecule has 0 unspecified atom stereocenters. The second-order valence-corrected chi connectivity index (χ2v) is 7.52. The van der Waals surface area contributed by atoms with Crippen LogP contribution in [0.25, 0.3) is 0 Å². The number of benzene rings is 2. The van der Waals surface area contributed by atoms with Crippen molar-refractivity contribution in [2.45, 2.75) is 23.0 Å². The topological polar surface area (TPSA) is 60.4 Å². The molecule has 0 heterocycles. The highest BCUT2D eigenvalue weighted by molar-refractivity contribution is 7.91. The Morgan fingerprint density at radius 3 is 2.19 bits per heavy atom. The van der Waals surface area contributed by atoms with Crippen LogP contribution in [0.5, 0.6) is 11.5 Å². The third kappa shape index (κ3) is 3.27. The normalized spacial score (nSPS) is 15.9. The van der Waals surface area contributed by atoms with Crippen LogP contribution < -0.4 is 4.74 Å². The van der Waals surface area contributed by atoms with E-state index in [2.05, 4.69) is 0 Å². The van der Waals surface area contributed by atoms with Gasteiger partial charge < -0.3 is 4.74 Å². The molecule has 0 aliphatic heterocycles. The van der Waals surface area contributed by atoms with E-state index in [9.17, 15) is 39.6 Å². The first-order valence-corrected chi connectivity index (χ1v) is 8.72. The molecule has 0 fully saturated rings. The van der Waals surface area contributed by atoms with Gasteiger partial charge in [0.15, 0.2) is 0 Å². The minimum Gasteiger partial charge on any atom is -0.457 e. The summed E-state index contributed by atoms with van der Waals surface area (Å²) in [7, 11) is -5.35. The maximum absolute atomic E-state index is 13.8. The summed E-state index contributed by atoms with van der Waals surface area (Å²) in [6, 6.07) is 3.24. The van der Waals surface area contributed by atoms with E-state index in [-0.39, 0.29) is 0 Å². The Bertz CT molecular complexity index is 1030. The SMILES string of the molecule is O=C1c2c(S(=O)(=O)C(F)F)ccc(Oc3cc(F)cc(F)c3)c2CC1(F)F. The summed E-state index contributed by atoms with van der Waals surface area (Å²) < 4.78 is 108. The van der Waals surface area contributed by atoms with Crippen molar-refractivity contribution in [3.63, 3.8) is 0 Å². The van der Waals surface area contributed by atoms with Crippen molar-refractivity contribution in [1.29, 1.82) is 0 Å². The molecular weight excluding hydrogens is 402 g/mol. The highest BCUT2D eigenvalue weighted by Gasteiger charge is 2.51. The lowest BCUT2D eigenvalue weighted by Crippen LogP contribution is -2.25. The fourth-order valence-corrected chi connectivity index (χ4v) is 3.61. The number of ether oxygens (including phenoxy) is 1. The lowest BCUT2D eigenvalue weighted by atomic mass is 10.1. The molecule has 1 aliphatic carbocycles. The molecule has 0 bridgehead atoms. The second kappa shape index (κ2) is 6.25. The predicted molar refractivity (Wildman–Crippen MR) is 79.0 cm³/mol. The first-order chi connectivity index (χ1) is 12.4. The van der Waals surface area contributed by atoms with E-state index in [4.69, 9.17) is 4.74 Å². The molecule has 0 radical (unpaired) electrons. The fraction of sp³-hybridized carbons (Fsp3) is 0.188. The van der Waals surface area contributed by atoms with Crippen molar-refractivity contribution >= 4 is 15.6 Å². The summed E-state index contributed by atoms with van der Waals surface area (Å²) in [5.74, 6) is -13.0. The molecule has 27 heavy (non-hydrogen) atoms. The molecular formula is C16H8F6O4S. The number of halogens is 6. The molecule has 1 aliphatic rings. The summed E-state index contributed by atoms with van der Waals surface area (Å²) in [5.41, 5.74) is -1.76. The molecule has 144 valence electrons. The standard InChI is InChI=1S/C16H8F6O4S/c17-7-3-8(18)5-9(4-7)26-11-1-2-12(27(24,25)15(19)20)13-10(11)6-16(21,22)14(13)23/h1-5,15H,6H2. The van der Waals surface area contributed by atoms with Crippen molar-refractivity contribution in [2.24, 2.45) is 0 Å². The number of hydrogen-bond acceptors (Lipinski definition) is 4. The van der Waals surface area contributed by atoms with Crippen LogP contribution in [-0.4, -0.2) is 25.9 Å². The monoisotopic (exact) mass is 410 g/mol. The van der Waals surface area contributed by atoms with Crippen molar-refractivity contribution in [3.8, 4) is 11.5 Å². The summed E-state index contributed by atoms with van der Waals surface area (Å²) in [5, 5.41) is 0. The zero-order valence-corrected chi connectivity index (χ0v) is 13.8. The molecule has 2 aromatic rings. The minimum absolute atomic E-state index is 0.457. The molecule has 0 spiro atoms. The lowest BCUT2D eigenvalue weighted by Gasteiger charge is -2.13. The molecule has 11 heteroatoms. The number of alkyl halides is 4. The van der Waals surface area contributed by atoms with Gasteiger partial charge in [0.25, 0.3) is 0 Å². The molecule has 0 amide bonds. The number of fused-ring (bicyclic) bond motifs is 1. The number of Topliss-reactive ketones (excluding diaryl/α,β-unsaturated/α-hetero) is 1. The molecule has 3 rings (SSSR count). The number of carbonyl (C=O) groups is 1. The third-order valence-electron chi connectivity index (χ3n) is 3.79. The van der Waals surface area contributed by atoms with Gasteiger partial charge >= 0.3 is 11.7 Å². The Balaban J connectivity index is 2.18. The van der Waals surface area contributed by atoms with Crippen LogP contribution >= 0.6 is 0 Å². The smallest absolute Gasteiger partial charge is 0.341 e. The molecule has 0 atom stereocenters. The summed E-state index contributed by atoms with van der Waals surface area (Å²) in [6.07, 6.45) is -1.30. The van der Waals surface area contributed by atoms with E-state index in [1.165, 1.54) is 0 Å². The zero-order chi connectivity index (χ0) is 20.1. The van der Waals surface area contributed by atoms with E-state index in [1.807, 2.05) is 0 Å². The average molecular weight is 410 g/mol. The van der Waals surface area contributed by atoms with Gasteiger partial charge in [-0.2, -0.15) is 17.6 Å². The highest BCUT2D eigenvalue weighted by Crippen LogP contribution is 2.44. The number of hydrogen-bond donors (Lipinski definition) is 0. The van der Waals surface area contributed by atoms with Crippen LogP contribution in [0.2, 0.25) is 0 Å². The molecule has 2 aromatic carbocycles. The Morgan fingerprint density at radius 2 is 1.63 bits per heavy atom. The van der Waals surface area contributed by atoms with E-state index >= 15 is 0 Å². The number of rotatable bonds is 4. The van der Waals surface area contributed by atoms with Crippen LogP contribution in [0.1, 0.15) is 15.9 Å². The van der Waals surface area contributed by atoms with E-state index in [1.54, 1.807) is 0 Å². The van der Waals surface area contributed by atoms with E-state index in [0.29, 0.717) is 24.3 Å². The largest absolute Gasteiger partial charge is 0.457 e. The van der Waals surface area contributed by atoms with Crippen molar-refractivity contribution < 1.29 is 44.3 Å². The molecule has 0 aromatic heterocycles. The van der Waals surface area contributed by atoms with Crippen LogP contribution in [0.15, 0.2) is 35.2 Å². The maximum atomic E-state index is 13.8. The van der Waals surface area contributed by atoms with Gasteiger partial charge in [0.1, 0.15) is 23.1 Å². The molecule has 4 nitrogen and oxygen atoms in total. The Labute approximate surface area is 148 Å². The van der Waals surface area contributed by atoms with Crippen LogP contribution in [0, 0.1) is 11.6 Å². The zero-order valence-electron chi connectivity index (χ0n) is 13.0. The molecule has 0 saturated heterocycles. The van der Waals surface area contributed by atoms with Crippen molar-refractivity contribution in [2.75, 3.05) is 0 Å². The Hall–Kier alpha value is -2.56. The molecule has 0 saturated carbocycles. The van der Waals surface area contributed by atoms with Crippen molar-refractivity contribution in [3.05, 3.63) is 53.1 Å². The van der Waals surface area contributed by atoms with Gasteiger partial charge in [0.2, 0.25) is 15.6 Å². The van der Waals surface area contributed by atoms with Gasteiger partial charge in [0.05, 0.1) is 4.90 Å². The van der Waals surface area contributed by atoms with Crippen molar-refractivity contribution in [1.82, 2.24) is 0 Å². The summed E-state index contributed by atoms with van der Waals surface area (Å²) >= 11 is 0. The summed E-state index contributed by atoms with van der Waals surface area (Å²) in [4.78, 5) is 10.6. The lowest BCUT2D eigenvalue weighted by molar-refractivity contribution is 0.0165. The van der Waals surface area contributed by atoms with Gasteiger partial charge in [0, 0.05) is 35.7 Å².